The highest BCUT2D eigenvalue weighted by atomic mass is 14.3. The first-order valence-electron chi connectivity index (χ1n) is 5.31. The van der Waals surface area contributed by atoms with Gasteiger partial charge < -0.3 is 0 Å². The third-order valence-corrected chi connectivity index (χ3v) is 3.21. The van der Waals surface area contributed by atoms with E-state index >= 15 is 0 Å². The van der Waals surface area contributed by atoms with Crippen LogP contribution in [0.3, 0.4) is 0 Å². The minimum Gasteiger partial charge on any atom is -0.102 e. The summed E-state index contributed by atoms with van der Waals surface area (Å²) in [6, 6.07) is 10.6. The molecule has 0 heteroatoms. The zero-order valence-electron chi connectivity index (χ0n) is 9.06. The van der Waals surface area contributed by atoms with E-state index in [-0.39, 0.29) is 5.41 Å². The Kier molecular flexibility index (Phi) is 2.59. The molecule has 0 saturated carbocycles. The third kappa shape index (κ3) is 1.68. The minimum absolute atomic E-state index is 0.0533. The average Bonchev–Trinajstić information content (AvgIpc) is 2.31. The maximum absolute atomic E-state index is 3.92. The van der Waals surface area contributed by atoms with Gasteiger partial charge in [-0.1, -0.05) is 67.6 Å². The molecule has 0 amide bonds. The second-order valence-electron chi connectivity index (χ2n) is 4.15. The molecule has 0 aliphatic heterocycles. The van der Waals surface area contributed by atoms with Crippen LogP contribution in [0.2, 0.25) is 0 Å². The van der Waals surface area contributed by atoms with E-state index in [9.17, 15) is 0 Å². The van der Waals surface area contributed by atoms with Crippen molar-refractivity contribution in [1.29, 1.82) is 0 Å². The Bertz CT molecular complexity index is 397. The highest BCUT2D eigenvalue weighted by Gasteiger charge is 2.30. The Labute approximate surface area is 91.6 Å². The predicted molar refractivity (Wildman–Crippen MR) is 65.8 cm³/mol. The molecule has 0 aromatic heterocycles. The smallest absolute Gasteiger partial charge is 0.0204 e. The molecule has 2 unspecified atom stereocenters. The van der Waals surface area contributed by atoms with E-state index in [1.807, 2.05) is 6.08 Å². The standard InChI is InChI=1S/C15H16/c1-3-13-9-7-8-12-15(13,2)14-10-5-4-6-11-14/h3-13H,1H2,2H3. The summed E-state index contributed by atoms with van der Waals surface area (Å²) >= 11 is 0. The summed E-state index contributed by atoms with van der Waals surface area (Å²) in [5.41, 5.74) is 1.40. The van der Waals surface area contributed by atoms with Crippen molar-refractivity contribution in [2.45, 2.75) is 12.3 Å². The van der Waals surface area contributed by atoms with E-state index < -0.39 is 0 Å². The molecule has 1 aliphatic rings. The molecule has 76 valence electrons. The summed E-state index contributed by atoms with van der Waals surface area (Å²) in [6.07, 6.45) is 10.7. The summed E-state index contributed by atoms with van der Waals surface area (Å²) in [5, 5.41) is 0. The van der Waals surface area contributed by atoms with Gasteiger partial charge in [0, 0.05) is 11.3 Å². The highest BCUT2D eigenvalue weighted by molar-refractivity contribution is 5.38. The molecule has 0 heterocycles. The Morgan fingerprint density at radius 1 is 1.20 bits per heavy atom. The molecule has 0 nitrogen and oxygen atoms in total. The van der Waals surface area contributed by atoms with Crippen LogP contribution in [-0.4, -0.2) is 0 Å². The Hall–Kier alpha value is -1.56. The monoisotopic (exact) mass is 196 g/mol. The SMILES string of the molecule is C=CC1C=CC=CC1(C)c1ccccc1. The summed E-state index contributed by atoms with van der Waals surface area (Å²) in [4.78, 5) is 0. The first-order chi connectivity index (χ1) is 7.27. The lowest BCUT2D eigenvalue weighted by Crippen LogP contribution is -2.28. The molecule has 0 saturated heterocycles. The van der Waals surface area contributed by atoms with Crippen LogP contribution in [-0.2, 0) is 5.41 Å². The molecule has 0 fully saturated rings. The minimum atomic E-state index is 0.0533. The molecule has 0 radical (unpaired) electrons. The molecule has 0 N–H and O–H groups in total. The second kappa shape index (κ2) is 3.90. The molecule has 2 atom stereocenters. The van der Waals surface area contributed by atoms with Gasteiger partial charge in [0.2, 0.25) is 0 Å². The topological polar surface area (TPSA) is 0 Å². The molecular weight excluding hydrogens is 180 g/mol. The predicted octanol–water partition coefficient (Wildman–Crippen LogP) is 3.87. The van der Waals surface area contributed by atoms with Crippen LogP contribution in [0.1, 0.15) is 12.5 Å². The van der Waals surface area contributed by atoms with Crippen LogP contribution in [0.25, 0.3) is 0 Å². The van der Waals surface area contributed by atoms with Gasteiger partial charge in [-0.3, -0.25) is 0 Å². The number of allylic oxidation sites excluding steroid dienone is 5. The third-order valence-electron chi connectivity index (χ3n) is 3.21. The van der Waals surface area contributed by atoms with Gasteiger partial charge in [0.1, 0.15) is 0 Å². The molecule has 2 rings (SSSR count). The van der Waals surface area contributed by atoms with Gasteiger partial charge in [-0.15, -0.1) is 6.58 Å². The zero-order valence-corrected chi connectivity index (χ0v) is 9.06. The Morgan fingerprint density at radius 3 is 2.60 bits per heavy atom. The van der Waals surface area contributed by atoms with Crippen molar-refractivity contribution < 1.29 is 0 Å². The summed E-state index contributed by atoms with van der Waals surface area (Å²) in [7, 11) is 0. The second-order valence-corrected chi connectivity index (χ2v) is 4.15. The van der Waals surface area contributed by atoms with Crippen LogP contribution in [0.5, 0.6) is 0 Å². The van der Waals surface area contributed by atoms with E-state index in [1.54, 1.807) is 0 Å². The van der Waals surface area contributed by atoms with Crippen molar-refractivity contribution in [1.82, 2.24) is 0 Å². The molecular formula is C15H16. The first kappa shape index (κ1) is 9.97. The van der Waals surface area contributed by atoms with Crippen LogP contribution >= 0.6 is 0 Å². The van der Waals surface area contributed by atoms with Gasteiger partial charge in [0.05, 0.1) is 0 Å². The number of hydrogen-bond acceptors (Lipinski definition) is 0. The lowest BCUT2D eigenvalue weighted by atomic mass is 9.70. The van der Waals surface area contributed by atoms with Crippen LogP contribution in [0.4, 0.5) is 0 Å². The largest absolute Gasteiger partial charge is 0.102 e. The summed E-state index contributed by atoms with van der Waals surface area (Å²) in [6.45, 7) is 6.18. The van der Waals surface area contributed by atoms with Crippen LogP contribution < -0.4 is 0 Å². The van der Waals surface area contributed by atoms with Crippen molar-refractivity contribution in [3.63, 3.8) is 0 Å². The fourth-order valence-corrected chi connectivity index (χ4v) is 2.16. The van der Waals surface area contributed by atoms with Gasteiger partial charge in [-0.25, -0.2) is 0 Å². The summed E-state index contributed by atoms with van der Waals surface area (Å²) < 4.78 is 0. The van der Waals surface area contributed by atoms with Crippen molar-refractivity contribution in [2.75, 3.05) is 0 Å². The van der Waals surface area contributed by atoms with E-state index in [4.69, 9.17) is 0 Å². The molecule has 0 spiro atoms. The Morgan fingerprint density at radius 2 is 1.93 bits per heavy atom. The van der Waals surface area contributed by atoms with Gasteiger partial charge in [-0.2, -0.15) is 0 Å². The van der Waals surface area contributed by atoms with Crippen LogP contribution in [0.15, 0.2) is 67.3 Å². The lowest BCUT2D eigenvalue weighted by Gasteiger charge is -2.34. The van der Waals surface area contributed by atoms with Crippen molar-refractivity contribution in [3.05, 3.63) is 72.9 Å². The maximum Gasteiger partial charge on any atom is 0.0204 e. The van der Waals surface area contributed by atoms with Gasteiger partial charge >= 0.3 is 0 Å². The van der Waals surface area contributed by atoms with E-state index in [2.05, 4.69) is 68.1 Å². The van der Waals surface area contributed by atoms with Gasteiger partial charge in [0.15, 0.2) is 0 Å². The Balaban J connectivity index is 2.45. The fourth-order valence-electron chi connectivity index (χ4n) is 2.16. The number of rotatable bonds is 2. The molecule has 1 aromatic rings. The average molecular weight is 196 g/mol. The van der Waals surface area contributed by atoms with Crippen molar-refractivity contribution in [2.24, 2.45) is 5.92 Å². The summed E-state index contributed by atoms with van der Waals surface area (Å²) in [5.74, 6) is 0.380. The van der Waals surface area contributed by atoms with E-state index in [0.29, 0.717) is 5.92 Å². The fraction of sp³-hybridized carbons (Fsp3) is 0.200. The van der Waals surface area contributed by atoms with Gasteiger partial charge in [0.25, 0.3) is 0 Å². The number of hydrogen-bond donors (Lipinski definition) is 0. The molecule has 0 bridgehead atoms. The molecule has 15 heavy (non-hydrogen) atoms. The van der Waals surface area contributed by atoms with E-state index in [0.717, 1.165) is 0 Å². The quantitative estimate of drug-likeness (QED) is 0.630. The first-order valence-corrected chi connectivity index (χ1v) is 5.31. The zero-order chi connectivity index (χ0) is 10.7. The van der Waals surface area contributed by atoms with Crippen molar-refractivity contribution >= 4 is 0 Å². The van der Waals surface area contributed by atoms with Crippen molar-refractivity contribution in [3.8, 4) is 0 Å². The normalized spacial score (nSPS) is 29.0. The van der Waals surface area contributed by atoms with E-state index in [1.165, 1.54) is 5.56 Å². The molecule has 1 aliphatic carbocycles. The maximum atomic E-state index is 3.92. The van der Waals surface area contributed by atoms with Crippen LogP contribution in [0, 0.1) is 5.92 Å². The van der Waals surface area contributed by atoms with Gasteiger partial charge in [-0.05, 0) is 5.56 Å². The number of benzene rings is 1. The highest BCUT2D eigenvalue weighted by Crippen LogP contribution is 2.37. The lowest BCUT2D eigenvalue weighted by molar-refractivity contribution is 0.499. The molecule has 1 aromatic carbocycles.